The second-order valence-corrected chi connectivity index (χ2v) is 6.56. The van der Waals surface area contributed by atoms with E-state index in [1.165, 1.54) is 6.33 Å². The lowest BCUT2D eigenvalue weighted by atomic mass is 10.2. The quantitative estimate of drug-likeness (QED) is 0.741. The number of H-pyrrole nitrogens is 1. The molecule has 9 heteroatoms. The lowest BCUT2D eigenvalue weighted by Crippen LogP contribution is -2.34. The summed E-state index contributed by atoms with van der Waals surface area (Å²) in [5.74, 6) is 0.722. The van der Waals surface area contributed by atoms with E-state index in [1.54, 1.807) is 23.7 Å². The second kappa shape index (κ2) is 6.17. The topological polar surface area (TPSA) is 82.6 Å². The highest BCUT2D eigenvalue weighted by atomic mass is 32.1. The van der Waals surface area contributed by atoms with Crippen LogP contribution in [0, 0.1) is 0 Å². The summed E-state index contributed by atoms with van der Waals surface area (Å²) in [4.78, 5) is 14.8. The Labute approximate surface area is 136 Å². The SMILES string of the molecule is F[C@H]1C[C@@H](CNc2ncnc3[nH]ncc23)N(Cc2nccs2)C1. The van der Waals surface area contributed by atoms with E-state index in [0.717, 1.165) is 16.2 Å². The van der Waals surface area contributed by atoms with Crippen molar-refractivity contribution in [3.8, 4) is 0 Å². The summed E-state index contributed by atoms with van der Waals surface area (Å²) in [6, 6.07) is 0.116. The molecule has 1 aliphatic rings. The molecule has 1 fully saturated rings. The van der Waals surface area contributed by atoms with Gasteiger partial charge >= 0.3 is 0 Å². The van der Waals surface area contributed by atoms with Gasteiger partial charge in [0, 0.05) is 30.7 Å². The van der Waals surface area contributed by atoms with E-state index in [-0.39, 0.29) is 6.04 Å². The van der Waals surface area contributed by atoms with E-state index in [9.17, 15) is 4.39 Å². The fraction of sp³-hybridized carbons (Fsp3) is 0.429. The first kappa shape index (κ1) is 14.5. The maximum atomic E-state index is 13.9. The van der Waals surface area contributed by atoms with E-state index in [4.69, 9.17) is 0 Å². The van der Waals surface area contributed by atoms with Gasteiger partial charge in [-0.1, -0.05) is 0 Å². The van der Waals surface area contributed by atoms with Crippen LogP contribution >= 0.6 is 11.3 Å². The zero-order valence-corrected chi connectivity index (χ0v) is 13.1. The Kier molecular flexibility index (Phi) is 3.88. The van der Waals surface area contributed by atoms with E-state index in [1.807, 2.05) is 5.38 Å². The Morgan fingerprint density at radius 1 is 1.39 bits per heavy atom. The monoisotopic (exact) mass is 333 g/mol. The number of hydrogen-bond donors (Lipinski definition) is 2. The number of aromatic nitrogens is 5. The van der Waals surface area contributed by atoms with E-state index in [2.05, 4.69) is 35.4 Å². The number of anilines is 1. The summed E-state index contributed by atoms with van der Waals surface area (Å²) >= 11 is 1.60. The highest BCUT2D eigenvalue weighted by Crippen LogP contribution is 2.24. The average Bonchev–Trinajstić information content (AvgIpc) is 3.26. The number of nitrogens with zero attached hydrogens (tertiary/aromatic N) is 5. The highest BCUT2D eigenvalue weighted by molar-refractivity contribution is 7.09. The number of rotatable bonds is 5. The molecule has 4 heterocycles. The van der Waals surface area contributed by atoms with Crippen molar-refractivity contribution in [2.75, 3.05) is 18.4 Å². The lowest BCUT2D eigenvalue weighted by molar-refractivity contribution is 0.241. The van der Waals surface area contributed by atoms with Gasteiger partial charge in [-0.2, -0.15) is 5.10 Å². The Bertz CT molecular complexity index is 774. The summed E-state index contributed by atoms with van der Waals surface area (Å²) in [7, 11) is 0. The fourth-order valence-corrected chi connectivity index (χ4v) is 3.59. The van der Waals surface area contributed by atoms with Crippen LogP contribution < -0.4 is 5.32 Å². The van der Waals surface area contributed by atoms with Crippen molar-refractivity contribution in [3.63, 3.8) is 0 Å². The van der Waals surface area contributed by atoms with Crippen molar-refractivity contribution in [3.05, 3.63) is 29.1 Å². The Balaban J connectivity index is 1.45. The zero-order chi connectivity index (χ0) is 15.6. The van der Waals surface area contributed by atoms with Crippen molar-refractivity contribution >= 4 is 28.2 Å². The van der Waals surface area contributed by atoms with Gasteiger partial charge in [0.05, 0.1) is 18.1 Å². The van der Waals surface area contributed by atoms with Crippen molar-refractivity contribution in [1.29, 1.82) is 0 Å². The Morgan fingerprint density at radius 3 is 3.22 bits per heavy atom. The van der Waals surface area contributed by atoms with Gasteiger partial charge < -0.3 is 5.32 Å². The summed E-state index contributed by atoms with van der Waals surface area (Å²) < 4.78 is 13.9. The molecular formula is C14H16FN7S. The van der Waals surface area contributed by atoms with E-state index < -0.39 is 6.17 Å². The Morgan fingerprint density at radius 2 is 2.35 bits per heavy atom. The van der Waals surface area contributed by atoms with Gasteiger partial charge in [0.25, 0.3) is 0 Å². The molecule has 0 bridgehead atoms. The van der Waals surface area contributed by atoms with Gasteiger partial charge in [0.2, 0.25) is 0 Å². The molecule has 1 aliphatic heterocycles. The van der Waals surface area contributed by atoms with Crippen LogP contribution in [0.25, 0.3) is 11.0 Å². The van der Waals surface area contributed by atoms with E-state index >= 15 is 0 Å². The lowest BCUT2D eigenvalue weighted by Gasteiger charge is -2.23. The van der Waals surface area contributed by atoms with Crippen molar-refractivity contribution in [2.24, 2.45) is 0 Å². The molecule has 0 radical (unpaired) electrons. The van der Waals surface area contributed by atoms with Crippen molar-refractivity contribution in [1.82, 2.24) is 30.0 Å². The summed E-state index contributed by atoms with van der Waals surface area (Å²) in [5, 5.41) is 13.9. The van der Waals surface area contributed by atoms with Crippen LogP contribution in [0.3, 0.4) is 0 Å². The molecule has 0 aliphatic carbocycles. The number of thiazole rings is 1. The Hall–Kier alpha value is -2.13. The van der Waals surface area contributed by atoms with Crippen LogP contribution in [0.5, 0.6) is 0 Å². The molecule has 2 atom stereocenters. The van der Waals surface area contributed by atoms with Gasteiger partial charge in [0.1, 0.15) is 23.3 Å². The summed E-state index contributed by atoms with van der Waals surface area (Å²) in [6.07, 6.45) is 4.70. The van der Waals surface area contributed by atoms with Crippen molar-refractivity contribution < 1.29 is 4.39 Å². The molecule has 0 spiro atoms. The minimum atomic E-state index is -0.791. The minimum Gasteiger partial charge on any atom is -0.368 e. The third-order valence-electron chi connectivity index (χ3n) is 4.05. The van der Waals surface area contributed by atoms with Gasteiger partial charge in [-0.25, -0.2) is 19.3 Å². The number of nitrogens with one attached hydrogen (secondary N) is 2. The van der Waals surface area contributed by atoms with Crippen molar-refractivity contribution in [2.45, 2.75) is 25.2 Å². The van der Waals surface area contributed by atoms with Crippen LogP contribution in [-0.4, -0.2) is 55.4 Å². The molecule has 2 N–H and O–H groups in total. The number of likely N-dealkylation sites (tertiary alicyclic amines) is 1. The number of halogens is 1. The number of aromatic amines is 1. The molecule has 1 saturated heterocycles. The van der Waals surface area contributed by atoms with Gasteiger partial charge in [-0.3, -0.25) is 10.00 Å². The molecule has 7 nitrogen and oxygen atoms in total. The summed E-state index contributed by atoms with van der Waals surface area (Å²) in [6.45, 7) is 1.77. The van der Waals surface area contributed by atoms with Crippen LogP contribution in [0.15, 0.2) is 24.1 Å². The smallest absolute Gasteiger partial charge is 0.160 e. The second-order valence-electron chi connectivity index (χ2n) is 5.58. The largest absolute Gasteiger partial charge is 0.368 e. The molecule has 0 amide bonds. The first-order valence-electron chi connectivity index (χ1n) is 7.44. The minimum absolute atomic E-state index is 0.116. The van der Waals surface area contributed by atoms with Gasteiger partial charge in [0.15, 0.2) is 5.65 Å². The fourth-order valence-electron chi connectivity index (χ4n) is 2.95. The van der Waals surface area contributed by atoms with Crippen LogP contribution in [-0.2, 0) is 6.54 Å². The predicted molar refractivity (Wildman–Crippen MR) is 86.0 cm³/mol. The third kappa shape index (κ3) is 3.02. The molecule has 0 aromatic carbocycles. The standard InChI is InChI=1S/C14H16FN7S/c15-9-3-10(22(6-9)7-12-16-1-2-23-12)4-17-13-11-5-20-21-14(11)19-8-18-13/h1-2,5,8-10H,3-4,6-7H2,(H2,17,18,19,20,21)/t9-,10-/m0/s1. The molecule has 120 valence electrons. The molecule has 0 unspecified atom stereocenters. The van der Waals surface area contributed by atoms with E-state index in [0.29, 0.717) is 31.7 Å². The first-order chi connectivity index (χ1) is 11.3. The highest BCUT2D eigenvalue weighted by Gasteiger charge is 2.32. The number of alkyl halides is 1. The third-order valence-corrected chi connectivity index (χ3v) is 4.82. The molecule has 3 aromatic rings. The zero-order valence-electron chi connectivity index (χ0n) is 12.3. The molecular weight excluding hydrogens is 317 g/mol. The number of hydrogen-bond acceptors (Lipinski definition) is 7. The molecule has 3 aromatic heterocycles. The summed E-state index contributed by atoms with van der Waals surface area (Å²) in [5.41, 5.74) is 0.692. The van der Waals surface area contributed by atoms with Gasteiger partial charge in [-0.15, -0.1) is 11.3 Å². The van der Waals surface area contributed by atoms with Crippen LogP contribution in [0.1, 0.15) is 11.4 Å². The van der Waals surface area contributed by atoms with Gasteiger partial charge in [-0.05, 0) is 6.42 Å². The first-order valence-corrected chi connectivity index (χ1v) is 8.32. The van der Waals surface area contributed by atoms with Crippen LogP contribution in [0.4, 0.5) is 10.2 Å². The molecule has 4 rings (SSSR count). The predicted octanol–water partition coefficient (Wildman–Crippen LogP) is 1.83. The average molecular weight is 333 g/mol. The maximum Gasteiger partial charge on any atom is 0.160 e. The van der Waals surface area contributed by atoms with Crippen LogP contribution in [0.2, 0.25) is 0 Å². The molecule has 0 saturated carbocycles. The maximum absolute atomic E-state index is 13.9. The number of fused-ring (bicyclic) bond motifs is 1. The molecule has 23 heavy (non-hydrogen) atoms. The normalized spacial score (nSPS) is 22.0.